The molecule has 0 fully saturated rings. The zero-order chi connectivity index (χ0) is 28.6. The van der Waals surface area contributed by atoms with Crippen LogP contribution in [0.2, 0.25) is 0 Å². The van der Waals surface area contributed by atoms with E-state index < -0.39 is 12.0 Å². The van der Waals surface area contributed by atoms with Gasteiger partial charge in [0.1, 0.15) is 17.6 Å². The molecule has 0 aliphatic heterocycles. The maximum Gasteiger partial charge on any atom is 0.326 e. The summed E-state index contributed by atoms with van der Waals surface area (Å²) < 4.78 is 11.7. The maximum absolute atomic E-state index is 13.1. The van der Waals surface area contributed by atoms with Crippen molar-refractivity contribution in [2.24, 2.45) is 0 Å². The van der Waals surface area contributed by atoms with Crippen LogP contribution in [0.5, 0.6) is 5.75 Å². The number of aliphatic carboxylic acids is 1. The average Bonchev–Trinajstić information content (AvgIpc) is 3.38. The zero-order valence-corrected chi connectivity index (χ0v) is 22.6. The number of carboxylic acid groups (broad SMARTS) is 1. The van der Waals surface area contributed by atoms with Gasteiger partial charge in [0, 0.05) is 35.2 Å². The predicted molar refractivity (Wildman–Crippen MR) is 157 cm³/mol. The highest BCUT2D eigenvalue weighted by Crippen LogP contribution is 2.23. The smallest absolute Gasteiger partial charge is 0.326 e. The molecule has 1 aromatic heterocycles. The molecule has 7 heteroatoms. The lowest BCUT2D eigenvalue weighted by molar-refractivity contribution is -0.137. The van der Waals surface area contributed by atoms with Crippen molar-refractivity contribution >= 4 is 17.4 Å². The number of nitrogens with one attached hydrogen (secondary N) is 1. The number of oxazole rings is 1. The molecule has 2 N–H and O–H groups in total. The van der Waals surface area contributed by atoms with Gasteiger partial charge in [-0.1, -0.05) is 72.8 Å². The van der Waals surface area contributed by atoms with Crippen molar-refractivity contribution < 1.29 is 23.8 Å². The number of anilines is 1. The number of hydrogen-bond acceptors (Lipinski definition) is 6. The largest absolute Gasteiger partial charge is 0.493 e. The Morgan fingerprint density at radius 3 is 2.24 bits per heavy atom. The third-order valence-corrected chi connectivity index (χ3v) is 6.72. The number of ether oxygens (including phenoxy) is 1. The minimum Gasteiger partial charge on any atom is -0.493 e. The number of carbonyl (C=O) groups excluding carboxylic acids is 1. The summed E-state index contributed by atoms with van der Waals surface area (Å²) in [4.78, 5) is 29.8. The van der Waals surface area contributed by atoms with Crippen molar-refractivity contribution in [3.05, 3.63) is 137 Å². The normalized spacial score (nSPS) is 11.5. The van der Waals surface area contributed by atoms with Crippen LogP contribution in [0.1, 0.15) is 32.9 Å². The number of benzene rings is 4. The second-order valence-corrected chi connectivity index (χ2v) is 9.61. The Morgan fingerprint density at radius 1 is 0.878 bits per heavy atom. The number of carboxylic acids is 1. The second-order valence-electron chi connectivity index (χ2n) is 9.61. The number of carbonyl (C=O) groups is 2. The van der Waals surface area contributed by atoms with Crippen molar-refractivity contribution in [3.63, 3.8) is 0 Å². The molecule has 0 spiro atoms. The van der Waals surface area contributed by atoms with Gasteiger partial charge in [-0.05, 0) is 48.9 Å². The topological polar surface area (TPSA) is 102 Å². The molecule has 4 aromatic carbocycles. The van der Waals surface area contributed by atoms with Crippen LogP contribution in [0, 0.1) is 6.92 Å². The van der Waals surface area contributed by atoms with E-state index >= 15 is 0 Å². The molecule has 1 heterocycles. The van der Waals surface area contributed by atoms with Crippen molar-refractivity contribution in [2.75, 3.05) is 11.9 Å². The van der Waals surface area contributed by atoms with Gasteiger partial charge in [0.15, 0.2) is 5.78 Å². The minimum atomic E-state index is -1.01. The van der Waals surface area contributed by atoms with Crippen LogP contribution in [-0.2, 0) is 17.6 Å². The summed E-state index contributed by atoms with van der Waals surface area (Å²) in [5, 5.41) is 13.0. The molecule has 0 radical (unpaired) electrons. The molecule has 0 aliphatic rings. The summed E-state index contributed by atoms with van der Waals surface area (Å²) in [6.07, 6.45) is 0.819. The van der Waals surface area contributed by atoms with Gasteiger partial charge >= 0.3 is 5.97 Å². The van der Waals surface area contributed by atoms with Crippen molar-refractivity contribution in [3.8, 4) is 17.2 Å². The van der Waals surface area contributed by atoms with E-state index in [1.54, 1.807) is 48.5 Å². The van der Waals surface area contributed by atoms with Crippen LogP contribution in [-0.4, -0.2) is 34.5 Å². The Kier molecular flexibility index (Phi) is 8.55. The number of aromatic nitrogens is 1. The fourth-order valence-corrected chi connectivity index (χ4v) is 4.53. The third-order valence-electron chi connectivity index (χ3n) is 6.72. The van der Waals surface area contributed by atoms with E-state index in [0.717, 1.165) is 22.6 Å². The lowest BCUT2D eigenvalue weighted by Gasteiger charge is -2.18. The summed E-state index contributed by atoms with van der Waals surface area (Å²) in [5.74, 6) is 0.858. The molecular formula is C34H30N2O5. The Labute approximate surface area is 238 Å². The number of hydrogen-bond donors (Lipinski definition) is 2. The Balaban J connectivity index is 1.19. The van der Waals surface area contributed by atoms with E-state index in [4.69, 9.17) is 9.15 Å². The highest BCUT2D eigenvalue weighted by Gasteiger charge is 2.21. The molecule has 1 atom stereocenters. The predicted octanol–water partition coefficient (Wildman–Crippen LogP) is 6.61. The maximum atomic E-state index is 13.1. The lowest BCUT2D eigenvalue weighted by atomic mass is 10.00. The van der Waals surface area contributed by atoms with Gasteiger partial charge in [-0.3, -0.25) is 4.79 Å². The van der Waals surface area contributed by atoms with Crippen molar-refractivity contribution in [2.45, 2.75) is 25.8 Å². The van der Waals surface area contributed by atoms with Crippen molar-refractivity contribution in [1.82, 2.24) is 4.98 Å². The number of para-hydroxylation sites is 1. The van der Waals surface area contributed by atoms with Gasteiger partial charge in [-0.2, -0.15) is 0 Å². The van der Waals surface area contributed by atoms with Crippen molar-refractivity contribution in [1.29, 1.82) is 0 Å². The first-order valence-electron chi connectivity index (χ1n) is 13.4. The van der Waals surface area contributed by atoms with E-state index in [2.05, 4.69) is 10.3 Å². The first kappa shape index (κ1) is 27.4. The van der Waals surface area contributed by atoms with E-state index in [-0.39, 0.29) is 12.2 Å². The number of rotatable bonds is 12. The van der Waals surface area contributed by atoms with Crippen LogP contribution in [0.15, 0.2) is 114 Å². The molecule has 0 amide bonds. The quantitative estimate of drug-likeness (QED) is 0.170. The monoisotopic (exact) mass is 546 g/mol. The van der Waals surface area contributed by atoms with Crippen LogP contribution >= 0.6 is 0 Å². The Morgan fingerprint density at radius 2 is 1.54 bits per heavy atom. The van der Waals surface area contributed by atoms with Gasteiger partial charge in [0.25, 0.3) is 0 Å². The fraction of sp³-hybridized carbons (Fsp3) is 0.147. The first-order chi connectivity index (χ1) is 20.0. The zero-order valence-electron chi connectivity index (χ0n) is 22.6. The summed E-state index contributed by atoms with van der Waals surface area (Å²) in [6.45, 7) is 2.32. The number of aryl methyl sites for hydroxylation is 1. The molecular weight excluding hydrogens is 516 g/mol. The van der Waals surface area contributed by atoms with Crippen LogP contribution in [0.3, 0.4) is 0 Å². The van der Waals surface area contributed by atoms with Crippen LogP contribution in [0.4, 0.5) is 5.69 Å². The number of ketones is 1. The molecule has 7 nitrogen and oxygen atoms in total. The van der Waals surface area contributed by atoms with Gasteiger partial charge in [0.2, 0.25) is 5.89 Å². The highest BCUT2D eigenvalue weighted by atomic mass is 16.5. The fourth-order valence-electron chi connectivity index (χ4n) is 4.53. The Bertz CT molecular complexity index is 1610. The van der Waals surface area contributed by atoms with Crippen LogP contribution in [0.25, 0.3) is 11.5 Å². The van der Waals surface area contributed by atoms with Gasteiger partial charge < -0.3 is 19.6 Å². The molecule has 0 saturated carbocycles. The van der Waals surface area contributed by atoms with Gasteiger partial charge in [-0.15, -0.1) is 0 Å². The molecule has 5 aromatic rings. The standard InChI is InChI=1S/C34H30N2O5/c1-23-29(36-33(41-23)26-12-6-3-7-13-26)20-21-40-27-18-16-24(17-19-27)22-31(34(38)39)35-30-15-9-8-14-28(30)32(37)25-10-4-2-5-11-25/h2-19,31,35H,20-22H2,1H3,(H,38,39)/t31-/m1/s1. The van der Waals surface area contributed by atoms with E-state index in [0.29, 0.717) is 41.5 Å². The molecule has 0 aliphatic carbocycles. The van der Waals surface area contributed by atoms with E-state index in [9.17, 15) is 14.7 Å². The highest BCUT2D eigenvalue weighted by molar-refractivity contribution is 6.12. The molecule has 206 valence electrons. The van der Waals surface area contributed by atoms with E-state index in [1.807, 2.05) is 67.6 Å². The molecule has 41 heavy (non-hydrogen) atoms. The van der Waals surface area contributed by atoms with E-state index in [1.165, 1.54) is 0 Å². The molecule has 0 unspecified atom stereocenters. The summed E-state index contributed by atoms with van der Waals surface area (Å²) in [5.41, 5.74) is 4.04. The molecule has 0 bridgehead atoms. The first-order valence-corrected chi connectivity index (χ1v) is 13.4. The van der Waals surface area contributed by atoms with Crippen LogP contribution < -0.4 is 10.1 Å². The van der Waals surface area contributed by atoms with Gasteiger partial charge in [0.05, 0.1) is 12.3 Å². The molecule has 0 saturated heterocycles. The third kappa shape index (κ3) is 6.89. The molecule has 5 rings (SSSR count). The average molecular weight is 547 g/mol. The minimum absolute atomic E-state index is 0.170. The summed E-state index contributed by atoms with van der Waals surface area (Å²) >= 11 is 0. The van der Waals surface area contributed by atoms with Gasteiger partial charge in [-0.25, -0.2) is 9.78 Å². The lowest BCUT2D eigenvalue weighted by Crippen LogP contribution is -2.32. The summed E-state index contributed by atoms with van der Waals surface area (Å²) in [6, 6.07) is 32.1. The summed E-state index contributed by atoms with van der Waals surface area (Å²) in [7, 11) is 0. The Hall–Kier alpha value is -5.17. The second kappa shape index (κ2) is 12.8. The number of nitrogens with zero attached hydrogens (tertiary/aromatic N) is 1. The SMILES string of the molecule is Cc1oc(-c2ccccc2)nc1CCOc1ccc(C[C@@H](Nc2ccccc2C(=O)c2ccccc2)C(=O)O)cc1.